The minimum absolute atomic E-state index is 0.00118. The van der Waals surface area contributed by atoms with E-state index in [2.05, 4.69) is 5.32 Å². The summed E-state index contributed by atoms with van der Waals surface area (Å²) in [5.74, 6) is 0.715. The summed E-state index contributed by atoms with van der Waals surface area (Å²) in [4.78, 5) is 0.349. The van der Waals surface area contributed by atoms with Crippen LogP contribution >= 0.6 is 0 Å². The van der Waals surface area contributed by atoms with E-state index in [1.165, 1.54) is 16.4 Å². The first-order valence-electron chi connectivity index (χ1n) is 17.0. The Balaban J connectivity index is 1.03. The van der Waals surface area contributed by atoms with Gasteiger partial charge in [-0.05, 0) is 86.1 Å². The molecule has 4 N–H and O–H groups in total. The van der Waals surface area contributed by atoms with E-state index in [9.17, 15) is 21.9 Å². The molecule has 1 aliphatic carbocycles. The van der Waals surface area contributed by atoms with Gasteiger partial charge in [0.05, 0.1) is 29.5 Å². The predicted molar refractivity (Wildman–Crippen MR) is 187 cm³/mol. The number of sulfonamides is 1. The summed E-state index contributed by atoms with van der Waals surface area (Å²) >= 11 is 0. The Bertz CT molecular complexity index is 1840. The number of ether oxygens (including phenoxy) is 3. The maximum absolute atomic E-state index is 14.1. The highest BCUT2D eigenvalue weighted by Crippen LogP contribution is 2.43. The fourth-order valence-electron chi connectivity index (χ4n) is 6.66. The van der Waals surface area contributed by atoms with Crippen LogP contribution in [0.15, 0.2) is 76.5 Å². The summed E-state index contributed by atoms with van der Waals surface area (Å²) in [7, 11) is -7.21. The molecule has 0 bridgehead atoms. The van der Waals surface area contributed by atoms with Crippen LogP contribution in [0.5, 0.6) is 11.5 Å². The van der Waals surface area contributed by atoms with Crippen molar-refractivity contribution >= 4 is 19.9 Å². The zero-order chi connectivity index (χ0) is 34.9. The topological polar surface area (TPSA) is 157 Å². The molecule has 0 unspecified atom stereocenters. The number of aliphatic hydroxyl groups is 1. The quantitative estimate of drug-likeness (QED) is 0.224. The van der Waals surface area contributed by atoms with Crippen LogP contribution in [0.4, 0.5) is 0 Å². The molecule has 0 aromatic heterocycles. The molecule has 49 heavy (non-hydrogen) atoms. The van der Waals surface area contributed by atoms with Crippen molar-refractivity contribution in [3.8, 4) is 22.6 Å². The van der Waals surface area contributed by atoms with E-state index in [-0.39, 0.29) is 40.3 Å². The second-order valence-corrected chi connectivity index (χ2v) is 17.6. The summed E-state index contributed by atoms with van der Waals surface area (Å²) in [6.07, 6.45) is 2.94. The molecule has 2 heterocycles. The van der Waals surface area contributed by atoms with Crippen LogP contribution in [0.1, 0.15) is 51.5 Å². The van der Waals surface area contributed by atoms with Crippen molar-refractivity contribution in [3.63, 3.8) is 0 Å². The summed E-state index contributed by atoms with van der Waals surface area (Å²) in [5, 5.41) is 13.9. The third-order valence-corrected chi connectivity index (χ3v) is 13.6. The van der Waals surface area contributed by atoms with Crippen LogP contribution in [0.25, 0.3) is 11.1 Å². The van der Waals surface area contributed by atoms with E-state index in [1.807, 2.05) is 37.3 Å². The van der Waals surface area contributed by atoms with Gasteiger partial charge in [-0.3, -0.25) is 0 Å². The molecule has 266 valence electrons. The molecule has 3 aromatic rings. The first-order chi connectivity index (χ1) is 23.4. The molecule has 11 nitrogen and oxygen atoms in total. The molecule has 6 rings (SSSR count). The highest BCUT2D eigenvalue weighted by atomic mass is 32.2. The molecule has 1 saturated carbocycles. The number of rotatable bonds is 14. The first kappa shape index (κ1) is 35.8. The van der Waals surface area contributed by atoms with Gasteiger partial charge in [0.15, 0.2) is 9.84 Å². The summed E-state index contributed by atoms with van der Waals surface area (Å²) < 4.78 is 71.7. The lowest BCUT2D eigenvalue weighted by atomic mass is 9.88. The van der Waals surface area contributed by atoms with Crippen molar-refractivity contribution in [1.29, 1.82) is 0 Å². The van der Waals surface area contributed by atoms with Crippen molar-refractivity contribution in [2.24, 2.45) is 5.73 Å². The molecular formula is C36H47N3O8S2. The molecule has 0 amide bonds. The number of nitrogens with one attached hydrogen (secondary N) is 1. The van der Waals surface area contributed by atoms with Gasteiger partial charge >= 0.3 is 0 Å². The average molecular weight is 714 g/mol. The van der Waals surface area contributed by atoms with Crippen LogP contribution in [-0.2, 0) is 30.1 Å². The molecular weight excluding hydrogens is 667 g/mol. The van der Waals surface area contributed by atoms with Crippen molar-refractivity contribution in [3.05, 3.63) is 72.3 Å². The van der Waals surface area contributed by atoms with Crippen LogP contribution in [0, 0.1) is 0 Å². The van der Waals surface area contributed by atoms with Gasteiger partial charge in [-0.2, -0.15) is 4.31 Å². The van der Waals surface area contributed by atoms with Crippen molar-refractivity contribution in [2.45, 2.75) is 79.0 Å². The second kappa shape index (κ2) is 14.3. The number of piperidine rings is 1. The minimum Gasteiger partial charge on any atom is -0.492 e. The highest BCUT2D eigenvalue weighted by Gasteiger charge is 2.45. The maximum Gasteiger partial charge on any atom is 0.246 e. The van der Waals surface area contributed by atoms with Gasteiger partial charge in [-0.25, -0.2) is 16.8 Å². The molecule has 3 aromatic carbocycles. The van der Waals surface area contributed by atoms with E-state index in [1.54, 1.807) is 31.2 Å². The molecule has 0 radical (unpaired) electrons. The molecule has 13 heteroatoms. The van der Waals surface area contributed by atoms with Crippen LogP contribution in [-0.4, -0.2) is 89.2 Å². The van der Waals surface area contributed by atoms with Crippen LogP contribution in [0.3, 0.4) is 0 Å². The zero-order valence-corrected chi connectivity index (χ0v) is 29.8. The third-order valence-electron chi connectivity index (χ3n) is 9.92. The summed E-state index contributed by atoms with van der Waals surface area (Å²) in [6, 6.07) is 19.7. The Morgan fingerprint density at radius 1 is 0.959 bits per heavy atom. The first-order valence-corrected chi connectivity index (χ1v) is 20.1. The van der Waals surface area contributed by atoms with Gasteiger partial charge in [-0.1, -0.05) is 43.3 Å². The Kier molecular flexibility index (Phi) is 10.4. The van der Waals surface area contributed by atoms with Crippen molar-refractivity contribution in [2.75, 3.05) is 45.2 Å². The largest absolute Gasteiger partial charge is 0.492 e. The second-order valence-electron chi connectivity index (χ2n) is 13.4. The number of aliphatic hydroxyl groups excluding tert-OH is 1. The number of nitrogens with two attached hydrogens (primary N) is 1. The number of hydrogen-bond acceptors (Lipinski definition) is 10. The zero-order valence-electron chi connectivity index (χ0n) is 28.1. The SMILES string of the molecule is CCOc1ccc(-c2ccc(C3(N)CC3)cc2)cc1S(=O)(=O)N1CCC2(CC1)C[C@H](NC[C@H](O)COc1cccc(S(=O)(=O)CC)c1)CO2. The molecule has 2 aliphatic heterocycles. The summed E-state index contributed by atoms with van der Waals surface area (Å²) in [6.45, 7) is 5.13. The fraction of sp³-hybridized carbons (Fsp3) is 0.500. The van der Waals surface area contributed by atoms with E-state index in [0.29, 0.717) is 57.1 Å². The van der Waals surface area contributed by atoms with Crippen molar-refractivity contribution < 1.29 is 36.2 Å². The fourth-order valence-corrected chi connectivity index (χ4v) is 9.17. The van der Waals surface area contributed by atoms with Gasteiger partial charge in [0.25, 0.3) is 0 Å². The van der Waals surface area contributed by atoms with Gasteiger partial charge in [-0.15, -0.1) is 0 Å². The highest BCUT2D eigenvalue weighted by molar-refractivity contribution is 7.91. The van der Waals surface area contributed by atoms with E-state index in [0.717, 1.165) is 29.5 Å². The predicted octanol–water partition coefficient (Wildman–Crippen LogP) is 3.84. The summed E-state index contributed by atoms with van der Waals surface area (Å²) in [5.41, 5.74) is 8.49. The van der Waals surface area contributed by atoms with Gasteiger partial charge in [0.1, 0.15) is 29.1 Å². The molecule has 2 saturated heterocycles. The Morgan fingerprint density at radius 3 is 2.35 bits per heavy atom. The Morgan fingerprint density at radius 2 is 1.67 bits per heavy atom. The minimum atomic E-state index is -3.85. The molecule has 3 fully saturated rings. The van der Waals surface area contributed by atoms with Gasteiger partial charge < -0.3 is 30.4 Å². The van der Waals surface area contributed by atoms with Crippen molar-refractivity contribution in [1.82, 2.24) is 9.62 Å². The molecule has 3 aliphatic rings. The monoisotopic (exact) mass is 713 g/mol. The molecule has 1 spiro atoms. The van der Waals surface area contributed by atoms with Gasteiger partial charge in [0.2, 0.25) is 10.0 Å². The van der Waals surface area contributed by atoms with Crippen LogP contribution < -0.4 is 20.5 Å². The lowest BCUT2D eigenvalue weighted by Gasteiger charge is -2.38. The van der Waals surface area contributed by atoms with Crippen LogP contribution in [0.2, 0.25) is 0 Å². The number of hydrogen-bond donors (Lipinski definition) is 3. The normalized spacial score (nSPS) is 21.0. The van der Waals surface area contributed by atoms with E-state index in [4.69, 9.17) is 19.9 Å². The number of nitrogens with zero attached hydrogens (tertiary/aromatic N) is 1. The Hall–Kier alpha value is -3.04. The molecule has 2 atom stereocenters. The number of sulfone groups is 1. The lowest BCUT2D eigenvalue weighted by Crippen LogP contribution is -2.47. The average Bonchev–Trinajstić information content (AvgIpc) is 3.75. The van der Waals surface area contributed by atoms with Gasteiger partial charge in [0, 0.05) is 31.2 Å². The third kappa shape index (κ3) is 7.98. The number of benzene rings is 3. The Labute approximate surface area is 289 Å². The standard InChI is InChI=1S/C36H47N3O8S2/c1-3-45-33-13-10-27(26-8-11-28(12-9-26)36(37)14-15-36)20-34(33)49(43,44)39-18-16-35(17-19-39)22-29(24-47-35)38-23-30(40)25-46-31-6-5-7-32(21-31)48(41,42)4-2/h5-13,20-21,29-30,38,40H,3-4,14-19,22-25,37H2,1-2H3/t29-,30-/m0/s1. The maximum atomic E-state index is 14.1. The smallest absolute Gasteiger partial charge is 0.246 e. The lowest BCUT2D eigenvalue weighted by molar-refractivity contribution is -0.0312. The van der Waals surface area contributed by atoms with E-state index < -0.39 is 31.6 Å². The van der Waals surface area contributed by atoms with E-state index >= 15 is 0 Å².